The molecule has 6 heteroatoms. The number of carboxylic acid groups (broad SMARTS) is 1. The van der Waals surface area contributed by atoms with E-state index in [9.17, 15) is 9.90 Å². The fourth-order valence-electron chi connectivity index (χ4n) is 2.24. The molecule has 0 saturated carbocycles. The van der Waals surface area contributed by atoms with Crippen LogP contribution in [0.15, 0.2) is 46.7 Å². The standard InChI is InChI=1S/C15H13N3O2S/c1-9-8-10(2)17-14(13(9)15(19)20)21-12-5-3-4-11-16-6-7-18(11)12/h3-8H,1-2H3,(H,19,20). The van der Waals surface area contributed by atoms with Crippen molar-refractivity contribution >= 4 is 23.4 Å². The molecule has 3 aromatic heterocycles. The SMILES string of the molecule is Cc1cc(C)c(C(=O)O)c(Sc2cccc3nccn23)n1. The number of aromatic nitrogens is 3. The highest BCUT2D eigenvalue weighted by Gasteiger charge is 2.17. The molecule has 0 unspecified atom stereocenters. The molecule has 0 spiro atoms. The number of aryl methyl sites for hydroxylation is 2. The maximum Gasteiger partial charge on any atom is 0.338 e. The molecule has 0 saturated heterocycles. The monoisotopic (exact) mass is 299 g/mol. The highest BCUT2D eigenvalue weighted by atomic mass is 32.2. The molecule has 0 aromatic carbocycles. The lowest BCUT2D eigenvalue weighted by Crippen LogP contribution is -2.05. The average molecular weight is 299 g/mol. The third-order valence-electron chi connectivity index (χ3n) is 3.12. The second-order valence-electron chi connectivity index (χ2n) is 4.69. The van der Waals surface area contributed by atoms with E-state index in [1.54, 1.807) is 19.2 Å². The summed E-state index contributed by atoms with van der Waals surface area (Å²) in [7, 11) is 0. The molecule has 0 bridgehead atoms. The van der Waals surface area contributed by atoms with Gasteiger partial charge in [-0.05, 0) is 37.6 Å². The molecule has 0 radical (unpaired) electrons. The van der Waals surface area contributed by atoms with Gasteiger partial charge in [-0.15, -0.1) is 0 Å². The largest absolute Gasteiger partial charge is 0.478 e. The number of fused-ring (bicyclic) bond motifs is 1. The Hall–Kier alpha value is -2.34. The van der Waals surface area contributed by atoms with E-state index in [4.69, 9.17) is 0 Å². The first-order valence-electron chi connectivity index (χ1n) is 6.38. The Bertz CT molecular complexity index is 842. The van der Waals surface area contributed by atoms with Gasteiger partial charge >= 0.3 is 5.97 Å². The number of hydrogen-bond donors (Lipinski definition) is 1. The van der Waals surface area contributed by atoms with Crippen molar-refractivity contribution < 1.29 is 9.90 Å². The average Bonchev–Trinajstić information content (AvgIpc) is 2.86. The Balaban J connectivity index is 2.13. The molecule has 0 fully saturated rings. The number of nitrogens with zero attached hydrogens (tertiary/aromatic N) is 3. The Kier molecular flexibility index (Phi) is 3.39. The third-order valence-corrected chi connectivity index (χ3v) is 4.15. The van der Waals surface area contributed by atoms with E-state index in [1.807, 2.05) is 35.7 Å². The van der Waals surface area contributed by atoms with Gasteiger partial charge in [0.05, 0.1) is 10.6 Å². The van der Waals surface area contributed by atoms with E-state index in [0.29, 0.717) is 5.03 Å². The van der Waals surface area contributed by atoms with Gasteiger partial charge in [0.1, 0.15) is 10.7 Å². The molecule has 0 aliphatic carbocycles. The number of imidazole rings is 1. The molecule has 0 atom stereocenters. The molecular weight excluding hydrogens is 286 g/mol. The van der Waals surface area contributed by atoms with Gasteiger partial charge in [-0.3, -0.25) is 4.40 Å². The number of carbonyl (C=O) groups is 1. The molecule has 106 valence electrons. The van der Waals surface area contributed by atoms with Gasteiger partial charge in [0, 0.05) is 18.1 Å². The van der Waals surface area contributed by atoms with Crippen LogP contribution in [0.5, 0.6) is 0 Å². The van der Waals surface area contributed by atoms with Crippen molar-refractivity contribution in [1.29, 1.82) is 0 Å². The van der Waals surface area contributed by atoms with Gasteiger partial charge < -0.3 is 5.11 Å². The second-order valence-corrected chi connectivity index (χ2v) is 5.70. The van der Waals surface area contributed by atoms with Crippen LogP contribution in [0.4, 0.5) is 0 Å². The molecule has 0 amide bonds. The summed E-state index contributed by atoms with van der Waals surface area (Å²) in [5.74, 6) is -0.958. The normalized spacial score (nSPS) is 11.0. The topological polar surface area (TPSA) is 67.5 Å². The second kappa shape index (κ2) is 5.21. The zero-order valence-corrected chi connectivity index (χ0v) is 12.4. The van der Waals surface area contributed by atoms with Crippen LogP contribution in [-0.4, -0.2) is 25.4 Å². The maximum atomic E-state index is 11.5. The van der Waals surface area contributed by atoms with E-state index in [1.165, 1.54) is 11.8 Å². The predicted octanol–water partition coefficient (Wildman–Crippen LogP) is 3.20. The molecule has 0 aliphatic rings. The summed E-state index contributed by atoms with van der Waals surface area (Å²) in [6, 6.07) is 7.50. The molecule has 3 rings (SSSR count). The van der Waals surface area contributed by atoms with E-state index in [-0.39, 0.29) is 5.56 Å². The van der Waals surface area contributed by atoms with Gasteiger partial charge in [0.25, 0.3) is 0 Å². The predicted molar refractivity (Wildman–Crippen MR) is 80.0 cm³/mol. The highest BCUT2D eigenvalue weighted by Crippen LogP contribution is 2.31. The zero-order chi connectivity index (χ0) is 15.0. The van der Waals surface area contributed by atoms with Gasteiger partial charge in [0.2, 0.25) is 0 Å². The van der Waals surface area contributed by atoms with E-state index < -0.39 is 5.97 Å². The van der Waals surface area contributed by atoms with Crippen molar-refractivity contribution in [2.75, 3.05) is 0 Å². The van der Waals surface area contributed by atoms with E-state index in [2.05, 4.69) is 9.97 Å². The lowest BCUT2D eigenvalue weighted by molar-refractivity contribution is 0.0691. The summed E-state index contributed by atoms with van der Waals surface area (Å²) in [6.07, 6.45) is 3.56. The van der Waals surface area contributed by atoms with Crippen molar-refractivity contribution in [2.45, 2.75) is 23.9 Å². The summed E-state index contributed by atoms with van der Waals surface area (Å²) in [4.78, 5) is 20.1. The van der Waals surface area contributed by atoms with Crippen molar-refractivity contribution in [1.82, 2.24) is 14.4 Å². The zero-order valence-electron chi connectivity index (χ0n) is 11.6. The van der Waals surface area contributed by atoms with Crippen molar-refractivity contribution in [3.05, 3.63) is 53.5 Å². The summed E-state index contributed by atoms with van der Waals surface area (Å²) in [5.41, 5.74) is 2.59. The molecular formula is C15H13N3O2S. The fraction of sp³-hybridized carbons (Fsp3) is 0.133. The molecule has 3 aromatic rings. The fourth-order valence-corrected chi connectivity index (χ4v) is 3.38. The minimum atomic E-state index is -0.958. The lowest BCUT2D eigenvalue weighted by atomic mass is 10.1. The summed E-state index contributed by atoms with van der Waals surface area (Å²) in [5, 5.41) is 10.8. The number of hydrogen-bond acceptors (Lipinski definition) is 4. The van der Waals surface area contributed by atoms with Crippen molar-refractivity contribution in [3.63, 3.8) is 0 Å². The van der Waals surface area contributed by atoms with Crippen molar-refractivity contribution in [3.8, 4) is 0 Å². The van der Waals surface area contributed by atoms with E-state index in [0.717, 1.165) is 21.9 Å². The van der Waals surface area contributed by atoms with Crippen LogP contribution in [0.25, 0.3) is 5.65 Å². The van der Waals surface area contributed by atoms with Crippen LogP contribution in [0.3, 0.4) is 0 Å². The van der Waals surface area contributed by atoms with Crippen LogP contribution in [0.2, 0.25) is 0 Å². The minimum Gasteiger partial charge on any atom is -0.478 e. The Morgan fingerprint density at radius 3 is 2.90 bits per heavy atom. The summed E-state index contributed by atoms with van der Waals surface area (Å²) in [6.45, 7) is 3.65. The first-order chi connectivity index (χ1) is 10.1. The first-order valence-corrected chi connectivity index (χ1v) is 7.19. The van der Waals surface area contributed by atoms with Crippen LogP contribution < -0.4 is 0 Å². The smallest absolute Gasteiger partial charge is 0.338 e. The van der Waals surface area contributed by atoms with Crippen LogP contribution in [0.1, 0.15) is 21.6 Å². The molecule has 3 heterocycles. The Labute approximate surface area is 125 Å². The van der Waals surface area contributed by atoms with Gasteiger partial charge in [-0.25, -0.2) is 14.8 Å². The summed E-state index contributed by atoms with van der Waals surface area (Å²) < 4.78 is 1.91. The Morgan fingerprint density at radius 1 is 1.33 bits per heavy atom. The van der Waals surface area contributed by atoms with Gasteiger partial charge in [-0.2, -0.15) is 0 Å². The van der Waals surface area contributed by atoms with Gasteiger partial charge in [-0.1, -0.05) is 17.8 Å². The minimum absolute atomic E-state index is 0.253. The molecule has 5 nitrogen and oxygen atoms in total. The Morgan fingerprint density at radius 2 is 2.14 bits per heavy atom. The number of carboxylic acids is 1. The van der Waals surface area contributed by atoms with Crippen LogP contribution in [0, 0.1) is 13.8 Å². The molecule has 1 N–H and O–H groups in total. The number of aromatic carboxylic acids is 1. The first kappa shape index (κ1) is 13.6. The van der Waals surface area contributed by atoms with Gasteiger partial charge in [0.15, 0.2) is 0 Å². The highest BCUT2D eigenvalue weighted by molar-refractivity contribution is 7.99. The number of pyridine rings is 2. The lowest BCUT2D eigenvalue weighted by Gasteiger charge is -2.10. The molecule has 0 aliphatic heterocycles. The maximum absolute atomic E-state index is 11.5. The molecule has 21 heavy (non-hydrogen) atoms. The summed E-state index contributed by atoms with van der Waals surface area (Å²) >= 11 is 1.34. The number of rotatable bonds is 3. The third kappa shape index (κ3) is 2.50. The quantitative estimate of drug-likeness (QED) is 0.804. The van der Waals surface area contributed by atoms with Crippen molar-refractivity contribution in [2.24, 2.45) is 0 Å². The van der Waals surface area contributed by atoms with Crippen LogP contribution in [-0.2, 0) is 0 Å². The van der Waals surface area contributed by atoms with E-state index >= 15 is 0 Å². The van der Waals surface area contributed by atoms with Crippen LogP contribution >= 0.6 is 11.8 Å².